The van der Waals surface area contributed by atoms with E-state index in [1.165, 1.54) is 16.5 Å². The molecule has 1 N–H and O–H groups in total. The number of nitrogens with zero attached hydrogens (tertiary/aromatic N) is 2. The highest BCUT2D eigenvalue weighted by molar-refractivity contribution is 7.10. The van der Waals surface area contributed by atoms with Gasteiger partial charge in [-0.05, 0) is 48.4 Å². The van der Waals surface area contributed by atoms with Crippen molar-refractivity contribution >= 4 is 22.7 Å². The average Bonchev–Trinajstić information content (AvgIpc) is 2.96. The number of rotatable bonds is 3. The number of nitro groups is 1. The fourth-order valence-corrected chi connectivity index (χ4v) is 3.76. The van der Waals surface area contributed by atoms with Gasteiger partial charge in [-0.25, -0.2) is 0 Å². The SMILES string of the molecule is N#Cc1cccc(NC2CCCc3sccc32)c1[N+](=O)[O-]. The summed E-state index contributed by atoms with van der Waals surface area (Å²) >= 11 is 1.73. The van der Waals surface area contributed by atoms with E-state index in [0.717, 1.165) is 19.3 Å². The second-order valence-corrected chi connectivity index (χ2v) is 5.96. The van der Waals surface area contributed by atoms with Crippen LogP contribution in [0.3, 0.4) is 0 Å². The van der Waals surface area contributed by atoms with Crippen molar-refractivity contribution in [1.82, 2.24) is 0 Å². The number of hydrogen-bond donors (Lipinski definition) is 1. The Balaban J connectivity index is 1.97. The molecule has 1 aliphatic carbocycles. The summed E-state index contributed by atoms with van der Waals surface area (Å²) in [5.41, 5.74) is 1.60. The van der Waals surface area contributed by atoms with Gasteiger partial charge in [0, 0.05) is 4.88 Å². The first-order valence-corrected chi connectivity index (χ1v) is 7.59. The first kappa shape index (κ1) is 13.6. The van der Waals surface area contributed by atoms with E-state index in [1.54, 1.807) is 23.5 Å². The van der Waals surface area contributed by atoms with E-state index in [-0.39, 0.29) is 17.3 Å². The second kappa shape index (κ2) is 5.54. The maximum atomic E-state index is 11.3. The number of nitro benzene ring substituents is 1. The predicted octanol–water partition coefficient (Wildman–Crippen LogP) is 4.02. The van der Waals surface area contributed by atoms with Gasteiger partial charge in [-0.1, -0.05) is 6.07 Å². The van der Waals surface area contributed by atoms with Gasteiger partial charge < -0.3 is 5.32 Å². The quantitative estimate of drug-likeness (QED) is 0.685. The molecule has 2 aromatic rings. The molecule has 1 unspecified atom stereocenters. The van der Waals surface area contributed by atoms with Crippen molar-refractivity contribution in [3.05, 3.63) is 55.8 Å². The van der Waals surface area contributed by atoms with Crippen LogP contribution >= 0.6 is 11.3 Å². The van der Waals surface area contributed by atoms with Crippen molar-refractivity contribution < 1.29 is 4.92 Å². The van der Waals surface area contributed by atoms with Crippen LogP contribution in [0.5, 0.6) is 0 Å². The summed E-state index contributed by atoms with van der Waals surface area (Å²) in [7, 11) is 0. The average molecular weight is 299 g/mol. The molecule has 1 aromatic carbocycles. The van der Waals surface area contributed by atoms with Crippen molar-refractivity contribution in [3.8, 4) is 6.07 Å². The van der Waals surface area contributed by atoms with E-state index in [4.69, 9.17) is 5.26 Å². The second-order valence-electron chi connectivity index (χ2n) is 4.96. The van der Waals surface area contributed by atoms with E-state index < -0.39 is 4.92 Å². The van der Waals surface area contributed by atoms with Crippen molar-refractivity contribution in [2.24, 2.45) is 0 Å². The molecule has 1 heterocycles. The summed E-state index contributed by atoms with van der Waals surface area (Å²) in [5, 5.41) is 25.6. The van der Waals surface area contributed by atoms with E-state index in [1.807, 2.05) is 6.07 Å². The molecule has 0 fully saturated rings. The molecule has 5 nitrogen and oxygen atoms in total. The lowest BCUT2D eigenvalue weighted by Crippen LogP contribution is -2.16. The molecular formula is C15H13N3O2S. The van der Waals surface area contributed by atoms with Gasteiger partial charge >= 0.3 is 5.69 Å². The Morgan fingerprint density at radius 3 is 3.05 bits per heavy atom. The van der Waals surface area contributed by atoms with Gasteiger partial charge in [0.05, 0.1) is 11.0 Å². The largest absolute Gasteiger partial charge is 0.373 e. The summed E-state index contributed by atoms with van der Waals surface area (Å²) in [4.78, 5) is 12.1. The third kappa shape index (κ3) is 2.48. The topological polar surface area (TPSA) is 79.0 Å². The van der Waals surface area contributed by atoms with Crippen LogP contribution in [-0.2, 0) is 6.42 Å². The molecule has 0 radical (unpaired) electrons. The van der Waals surface area contributed by atoms with Gasteiger partial charge in [0.15, 0.2) is 0 Å². The minimum absolute atomic E-state index is 0.0765. The zero-order chi connectivity index (χ0) is 14.8. The molecule has 0 bridgehead atoms. The number of para-hydroxylation sites is 1. The minimum atomic E-state index is -0.488. The summed E-state index contributed by atoms with van der Waals surface area (Å²) in [6.07, 6.45) is 3.08. The summed E-state index contributed by atoms with van der Waals surface area (Å²) in [5.74, 6) is 0. The molecule has 6 heteroatoms. The fourth-order valence-electron chi connectivity index (χ4n) is 2.77. The number of nitrogens with one attached hydrogen (secondary N) is 1. The number of fused-ring (bicyclic) bond motifs is 1. The van der Waals surface area contributed by atoms with E-state index in [2.05, 4.69) is 16.8 Å². The maximum Gasteiger partial charge on any atom is 0.309 e. The van der Waals surface area contributed by atoms with Gasteiger partial charge in [-0.2, -0.15) is 5.26 Å². The van der Waals surface area contributed by atoms with Crippen LogP contribution in [0.15, 0.2) is 29.6 Å². The van der Waals surface area contributed by atoms with Crippen LogP contribution < -0.4 is 5.32 Å². The fraction of sp³-hybridized carbons (Fsp3) is 0.267. The highest BCUT2D eigenvalue weighted by Gasteiger charge is 2.25. The number of thiophene rings is 1. The molecule has 0 saturated carbocycles. The molecule has 21 heavy (non-hydrogen) atoms. The number of anilines is 1. The number of aryl methyl sites for hydroxylation is 1. The molecule has 1 aromatic heterocycles. The van der Waals surface area contributed by atoms with Gasteiger partial charge in [0.2, 0.25) is 0 Å². The van der Waals surface area contributed by atoms with E-state index in [0.29, 0.717) is 5.69 Å². The standard InChI is InChI=1S/C15H13N3O2S/c16-9-10-3-1-5-13(15(10)18(19)20)17-12-4-2-6-14-11(12)7-8-21-14/h1,3,5,7-8,12,17H,2,4,6H2. The number of nitriles is 1. The Bertz CT molecular complexity index is 733. The third-order valence-electron chi connectivity index (χ3n) is 3.72. The van der Waals surface area contributed by atoms with Gasteiger partial charge in [-0.3, -0.25) is 10.1 Å². The number of benzene rings is 1. The van der Waals surface area contributed by atoms with Gasteiger partial charge in [0.1, 0.15) is 17.3 Å². The maximum absolute atomic E-state index is 11.3. The van der Waals surface area contributed by atoms with Crippen LogP contribution in [0.2, 0.25) is 0 Å². The van der Waals surface area contributed by atoms with Gasteiger partial charge in [-0.15, -0.1) is 11.3 Å². The molecule has 0 spiro atoms. The lowest BCUT2D eigenvalue weighted by molar-refractivity contribution is -0.384. The molecule has 0 amide bonds. The third-order valence-corrected chi connectivity index (χ3v) is 4.72. The Morgan fingerprint density at radius 2 is 2.29 bits per heavy atom. The predicted molar refractivity (Wildman–Crippen MR) is 81.4 cm³/mol. The molecule has 1 atom stereocenters. The Hall–Kier alpha value is -2.39. The Kier molecular flexibility index (Phi) is 3.59. The molecule has 3 rings (SSSR count). The summed E-state index contributed by atoms with van der Waals surface area (Å²) in [6.45, 7) is 0. The Morgan fingerprint density at radius 1 is 1.43 bits per heavy atom. The highest BCUT2D eigenvalue weighted by atomic mass is 32.1. The minimum Gasteiger partial charge on any atom is -0.373 e. The number of hydrogen-bond acceptors (Lipinski definition) is 5. The van der Waals surface area contributed by atoms with Crippen molar-refractivity contribution in [1.29, 1.82) is 5.26 Å². The van der Waals surface area contributed by atoms with Crippen LogP contribution in [0.4, 0.5) is 11.4 Å². The first-order valence-electron chi connectivity index (χ1n) is 6.71. The lowest BCUT2D eigenvalue weighted by atomic mass is 9.93. The summed E-state index contributed by atoms with van der Waals surface area (Å²) < 4.78 is 0. The smallest absolute Gasteiger partial charge is 0.309 e. The van der Waals surface area contributed by atoms with Crippen molar-refractivity contribution in [2.75, 3.05) is 5.32 Å². The van der Waals surface area contributed by atoms with E-state index >= 15 is 0 Å². The molecule has 0 saturated heterocycles. The molecule has 106 valence electrons. The first-order chi connectivity index (χ1) is 10.2. The zero-order valence-electron chi connectivity index (χ0n) is 11.2. The van der Waals surface area contributed by atoms with Crippen LogP contribution in [0, 0.1) is 21.4 Å². The highest BCUT2D eigenvalue weighted by Crippen LogP contribution is 2.38. The normalized spacial score (nSPS) is 16.8. The molecular weight excluding hydrogens is 286 g/mol. The Labute approximate surface area is 126 Å². The molecule has 0 aliphatic heterocycles. The van der Waals surface area contributed by atoms with Crippen molar-refractivity contribution in [2.45, 2.75) is 25.3 Å². The lowest BCUT2D eigenvalue weighted by Gasteiger charge is -2.24. The van der Waals surface area contributed by atoms with Crippen LogP contribution in [-0.4, -0.2) is 4.92 Å². The van der Waals surface area contributed by atoms with Crippen molar-refractivity contribution in [3.63, 3.8) is 0 Å². The monoisotopic (exact) mass is 299 g/mol. The molecule has 1 aliphatic rings. The van der Waals surface area contributed by atoms with E-state index in [9.17, 15) is 10.1 Å². The van der Waals surface area contributed by atoms with Crippen LogP contribution in [0.1, 0.15) is 34.9 Å². The van der Waals surface area contributed by atoms with Gasteiger partial charge in [0.25, 0.3) is 0 Å². The summed E-state index contributed by atoms with van der Waals surface area (Å²) in [6, 6.07) is 8.86. The zero-order valence-corrected chi connectivity index (χ0v) is 12.0. The van der Waals surface area contributed by atoms with Crippen LogP contribution in [0.25, 0.3) is 0 Å².